The first-order valence-electron chi connectivity index (χ1n) is 9.86. The fraction of sp³-hybridized carbons (Fsp3) is 0.737. The van der Waals surface area contributed by atoms with Gasteiger partial charge >= 0.3 is 0 Å². The lowest BCUT2D eigenvalue weighted by atomic mass is 9.65. The van der Waals surface area contributed by atoms with Crippen LogP contribution >= 0.6 is 0 Å². The van der Waals surface area contributed by atoms with E-state index in [1.807, 2.05) is 18.5 Å². The molecule has 6 nitrogen and oxygen atoms in total. The molecule has 2 aliphatic carbocycles. The molecule has 3 fully saturated rings. The minimum absolute atomic E-state index is 0.542. The van der Waals surface area contributed by atoms with E-state index in [0.29, 0.717) is 5.41 Å². The van der Waals surface area contributed by atoms with Gasteiger partial charge in [-0.2, -0.15) is 0 Å². The van der Waals surface area contributed by atoms with Crippen LogP contribution in [0, 0.1) is 11.3 Å². The van der Waals surface area contributed by atoms with E-state index in [4.69, 9.17) is 4.99 Å². The van der Waals surface area contributed by atoms with Gasteiger partial charge in [-0.15, -0.1) is 0 Å². The third-order valence-electron chi connectivity index (χ3n) is 6.09. The lowest BCUT2D eigenvalue weighted by molar-refractivity contribution is 0.112. The van der Waals surface area contributed by atoms with E-state index >= 15 is 0 Å². The second-order valence-corrected chi connectivity index (χ2v) is 7.68. The number of piperazine rings is 1. The number of hydrogen-bond donors (Lipinski definition) is 1. The van der Waals surface area contributed by atoms with Crippen molar-refractivity contribution in [1.82, 2.24) is 20.2 Å². The van der Waals surface area contributed by atoms with Gasteiger partial charge in [0.05, 0.1) is 0 Å². The van der Waals surface area contributed by atoms with Crippen molar-refractivity contribution in [3.63, 3.8) is 0 Å². The summed E-state index contributed by atoms with van der Waals surface area (Å²) in [5.41, 5.74) is 0.542. The molecule has 0 bridgehead atoms. The first-order valence-corrected chi connectivity index (χ1v) is 9.86. The molecule has 1 N–H and O–H groups in total. The van der Waals surface area contributed by atoms with E-state index in [1.54, 1.807) is 0 Å². The Hall–Kier alpha value is -1.85. The summed E-state index contributed by atoms with van der Waals surface area (Å²) in [7, 11) is 0. The molecule has 1 aliphatic heterocycles. The Morgan fingerprint density at radius 3 is 2.48 bits per heavy atom. The van der Waals surface area contributed by atoms with Gasteiger partial charge in [-0.1, -0.05) is 6.42 Å². The molecule has 136 valence electrons. The van der Waals surface area contributed by atoms with E-state index in [0.717, 1.165) is 57.1 Å². The van der Waals surface area contributed by atoms with Crippen molar-refractivity contribution in [1.29, 1.82) is 0 Å². The smallest absolute Gasteiger partial charge is 0.225 e. The minimum atomic E-state index is 0.542. The van der Waals surface area contributed by atoms with Crippen molar-refractivity contribution in [3.8, 4) is 0 Å². The van der Waals surface area contributed by atoms with Crippen LogP contribution in [0.15, 0.2) is 23.5 Å². The zero-order chi connectivity index (χ0) is 17.1. The number of hydrogen-bond acceptors (Lipinski definition) is 4. The molecular weight excluding hydrogens is 312 g/mol. The average molecular weight is 342 g/mol. The maximum absolute atomic E-state index is 5.07. The van der Waals surface area contributed by atoms with Gasteiger partial charge in [0, 0.05) is 51.7 Å². The van der Waals surface area contributed by atoms with Crippen LogP contribution in [0.3, 0.4) is 0 Å². The summed E-state index contributed by atoms with van der Waals surface area (Å²) in [6.07, 6.45) is 10.7. The van der Waals surface area contributed by atoms with Gasteiger partial charge in [-0.05, 0) is 50.0 Å². The standard InChI is InChI=1S/C19H30N6/c1-2-20-17(23-15-19(7-3-8-19)16-5-6-16)24-11-13-25(14-12-24)18-21-9-4-10-22-18/h4,9-10,16H,2-3,5-8,11-15H2,1H3,(H,20,23). The van der Waals surface area contributed by atoms with Gasteiger partial charge in [-0.25, -0.2) is 9.97 Å². The summed E-state index contributed by atoms with van der Waals surface area (Å²) in [6, 6.07) is 1.87. The summed E-state index contributed by atoms with van der Waals surface area (Å²) in [4.78, 5) is 18.5. The summed E-state index contributed by atoms with van der Waals surface area (Å²) in [5, 5.41) is 3.51. The van der Waals surface area contributed by atoms with Gasteiger partial charge in [0.1, 0.15) is 0 Å². The largest absolute Gasteiger partial charge is 0.357 e. The van der Waals surface area contributed by atoms with Crippen LogP contribution < -0.4 is 10.2 Å². The molecule has 0 unspecified atom stereocenters. The molecule has 4 rings (SSSR count). The molecule has 0 radical (unpaired) electrons. The average Bonchev–Trinajstić information content (AvgIpc) is 3.46. The zero-order valence-corrected chi connectivity index (χ0v) is 15.3. The lowest BCUT2D eigenvalue weighted by Gasteiger charge is -2.42. The monoisotopic (exact) mass is 342 g/mol. The van der Waals surface area contributed by atoms with Crippen LogP contribution in [-0.4, -0.2) is 60.1 Å². The van der Waals surface area contributed by atoms with E-state index in [1.165, 1.54) is 32.1 Å². The highest BCUT2D eigenvalue weighted by atomic mass is 15.4. The summed E-state index contributed by atoms with van der Waals surface area (Å²) >= 11 is 0. The number of anilines is 1. The molecule has 1 aromatic heterocycles. The summed E-state index contributed by atoms with van der Waals surface area (Å²) < 4.78 is 0. The Balaban J connectivity index is 1.37. The van der Waals surface area contributed by atoms with Gasteiger partial charge in [0.2, 0.25) is 5.95 Å². The Bertz CT molecular complexity index is 585. The van der Waals surface area contributed by atoms with Gasteiger partial charge in [0.25, 0.3) is 0 Å². The van der Waals surface area contributed by atoms with Crippen LogP contribution in [0.2, 0.25) is 0 Å². The van der Waals surface area contributed by atoms with E-state index in [-0.39, 0.29) is 0 Å². The molecule has 2 heterocycles. The lowest BCUT2D eigenvalue weighted by Crippen LogP contribution is -2.53. The Labute approximate surface area is 150 Å². The van der Waals surface area contributed by atoms with Gasteiger partial charge < -0.3 is 15.1 Å². The predicted molar refractivity (Wildman–Crippen MR) is 101 cm³/mol. The fourth-order valence-electron chi connectivity index (χ4n) is 4.25. The second-order valence-electron chi connectivity index (χ2n) is 7.68. The van der Waals surface area contributed by atoms with Gasteiger partial charge in [0.15, 0.2) is 5.96 Å². The quantitative estimate of drug-likeness (QED) is 0.656. The highest BCUT2D eigenvalue weighted by Gasteiger charge is 2.48. The first-order chi connectivity index (χ1) is 12.3. The van der Waals surface area contributed by atoms with Crippen LogP contribution in [0.5, 0.6) is 0 Å². The van der Waals surface area contributed by atoms with Gasteiger partial charge in [-0.3, -0.25) is 4.99 Å². The predicted octanol–water partition coefficient (Wildman–Crippen LogP) is 2.14. The van der Waals surface area contributed by atoms with Crippen molar-refractivity contribution < 1.29 is 0 Å². The third kappa shape index (κ3) is 3.58. The second kappa shape index (κ2) is 7.18. The number of nitrogens with one attached hydrogen (secondary N) is 1. The molecule has 3 aliphatic rings. The van der Waals surface area contributed by atoms with Crippen LogP contribution in [0.25, 0.3) is 0 Å². The fourth-order valence-corrected chi connectivity index (χ4v) is 4.25. The van der Waals surface area contributed by atoms with Crippen molar-refractivity contribution >= 4 is 11.9 Å². The number of aromatic nitrogens is 2. The molecule has 1 aromatic rings. The molecule has 0 spiro atoms. The summed E-state index contributed by atoms with van der Waals surface area (Å²) in [6.45, 7) is 7.94. The minimum Gasteiger partial charge on any atom is -0.357 e. The molecule has 25 heavy (non-hydrogen) atoms. The van der Waals surface area contributed by atoms with E-state index < -0.39 is 0 Å². The maximum Gasteiger partial charge on any atom is 0.225 e. The molecule has 0 aromatic carbocycles. The molecule has 0 amide bonds. The van der Waals surface area contributed by atoms with Crippen molar-refractivity contribution in [2.45, 2.75) is 39.0 Å². The highest BCUT2D eigenvalue weighted by molar-refractivity contribution is 5.80. The Morgan fingerprint density at radius 1 is 1.20 bits per heavy atom. The summed E-state index contributed by atoms with van der Waals surface area (Å²) in [5.74, 6) is 2.90. The third-order valence-corrected chi connectivity index (χ3v) is 6.09. The number of nitrogens with zero attached hydrogens (tertiary/aromatic N) is 5. The number of rotatable bonds is 5. The zero-order valence-electron chi connectivity index (χ0n) is 15.3. The number of guanidine groups is 1. The SMILES string of the molecule is CCNC(=NCC1(C2CC2)CCC1)N1CCN(c2ncccn2)CC1. The molecule has 2 saturated carbocycles. The van der Waals surface area contributed by atoms with E-state index in [9.17, 15) is 0 Å². The van der Waals surface area contributed by atoms with Crippen molar-refractivity contribution in [2.24, 2.45) is 16.3 Å². The van der Waals surface area contributed by atoms with Crippen LogP contribution in [0.1, 0.15) is 39.0 Å². The molecule has 6 heteroatoms. The molecule has 1 saturated heterocycles. The molecule has 0 atom stereocenters. The van der Waals surface area contributed by atoms with E-state index in [2.05, 4.69) is 32.0 Å². The van der Waals surface area contributed by atoms with Crippen LogP contribution in [-0.2, 0) is 0 Å². The normalized spacial score (nSPS) is 23.3. The topological polar surface area (TPSA) is 56.7 Å². The molecular formula is C19H30N6. The first kappa shape index (κ1) is 16.6. The van der Waals surface area contributed by atoms with Crippen molar-refractivity contribution in [3.05, 3.63) is 18.5 Å². The van der Waals surface area contributed by atoms with Crippen molar-refractivity contribution in [2.75, 3.05) is 44.2 Å². The maximum atomic E-state index is 5.07. The Morgan fingerprint density at radius 2 is 1.92 bits per heavy atom. The number of aliphatic imine (C=N–C) groups is 1. The van der Waals surface area contributed by atoms with Crippen LogP contribution in [0.4, 0.5) is 5.95 Å². The highest BCUT2D eigenvalue weighted by Crippen LogP contribution is 2.57. The Kier molecular flexibility index (Phi) is 4.77.